The number of nitrogens with two attached hydrogens (primary N) is 1. The number of hydrogen-bond acceptors (Lipinski definition) is 3. The molecule has 0 radical (unpaired) electrons. The van der Waals surface area contributed by atoms with E-state index in [9.17, 15) is 27.7 Å². The van der Waals surface area contributed by atoms with Gasteiger partial charge in [0.05, 0.1) is 10.5 Å². The lowest BCUT2D eigenvalue weighted by Gasteiger charge is -2.15. The molecule has 1 aromatic carbocycles. The summed E-state index contributed by atoms with van der Waals surface area (Å²) < 4.78 is 49.4. The van der Waals surface area contributed by atoms with Crippen LogP contribution in [0.3, 0.4) is 0 Å². The van der Waals surface area contributed by atoms with Crippen molar-refractivity contribution in [3.63, 3.8) is 0 Å². The molecule has 1 aromatic rings. The first kappa shape index (κ1) is 12.4. The van der Waals surface area contributed by atoms with Gasteiger partial charge in [0.1, 0.15) is 11.9 Å². The number of nitrogens with zero attached hydrogens (tertiary/aromatic N) is 1. The highest BCUT2D eigenvalue weighted by atomic mass is 19.4. The van der Waals surface area contributed by atoms with Gasteiger partial charge < -0.3 is 5.73 Å². The third-order valence-electron chi connectivity index (χ3n) is 1.87. The summed E-state index contributed by atoms with van der Waals surface area (Å²) >= 11 is 0. The van der Waals surface area contributed by atoms with E-state index in [2.05, 4.69) is 0 Å². The first-order valence-corrected chi connectivity index (χ1v) is 3.99. The number of nitro groups is 1. The molecule has 2 N–H and O–H groups in total. The summed E-state index contributed by atoms with van der Waals surface area (Å²) in [5, 5.41) is 10.4. The van der Waals surface area contributed by atoms with E-state index in [1.165, 1.54) is 0 Å². The zero-order valence-electron chi connectivity index (χ0n) is 7.66. The Morgan fingerprint density at radius 1 is 1.38 bits per heavy atom. The Kier molecular flexibility index (Phi) is 3.13. The molecule has 16 heavy (non-hydrogen) atoms. The van der Waals surface area contributed by atoms with Gasteiger partial charge in [0.15, 0.2) is 0 Å². The summed E-state index contributed by atoms with van der Waals surface area (Å²) in [7, 11) is 0. The molecule has 0 aliphatic rings. The molecule has 0 aliphatic carbocycles. The van der Waals surface area contributed by atoms with Crippen LogP contribution in [-0.2, 0) is 0 Å². The van der Waals surface area contributed by atoms with Gasteiger partial charge in [-0.15, -0.1) is 0 Å². The third-order valence-corrected chi connectivity index (χ3v) is 1.87. The number of halogens is 4. The van der Waals surface area contributed by atoms with Gasteiger partial charge >= 0.3 is 6.18 Å². The minimum atomic E-state index is -4.86. The van der Waals surface area contributed by atoms with E-state index in [0.29, 0.717) is 18.2 Å². The Balaban J connectivity index is 3.30. The molecule has 0 heterocycles. The molecular formula is C8H6F4N2O2. The second-order valence-corrected chi connectivity index (χ2v) is 2.98. The van der Waals surface area contributed by atoms with Crippen molar-refractivity contribution < 1.29 is 22.5 Å². The van der Waals surface area contributed by atoms with Gasteiger partial charge in [-0.2, -0.15) is 13.2 Å². The van der Waals surface area contributed by atoms with Crippen LogP contribution in [0.4, 0.5) is 23.2 Å². The Labute approximate surface area is 86.8 Å². The molecule has 0 saturated carbocycles. The van der Waals surface area contributed by atoms with Crippen LogP contribution in [0.5, 0.6) is 0 Å². The molecule has 0 bridgehead atoms. The molecule has 0 aromatic heterocycles. The number of rotatable bonds is 2. The molecule has 0 saturated heterocycles. The van der Waals surface area contributed by atoms with Crippen molar-refractivity contribution in [2.75, 3.05) is 0 Å². The molecule has 0 amide bonds. The van der Waals surface area contributed by atoms with Crippen LogP contribution >= 0.6 is 0 Å². The van der Waals surface area contributed by atoms with Gasteiger partial charge in [-0.05, 0) is 12.1 Å². The number of hydrogen-bond donors (Lipinski definition) is 1. The van der Waals surface area contributed by atoms with E-state index in [1.54, 1.807) is 0 Å². The van der Waals surface area contributed by atoms with Crippen molar-refractivity contribution in [2.45, 2.75) is 12.2 Å². The van der Waals surface area contributed by atoms with Crippen LogP contribution in [0.2, 0.25) is 0 Å². The molecule has 0 aliphatic heterocycles. The van der Waals surface area contributed by atoms with Crippen molar-refractivity contribution in [1.29, 1.82) is 0 Å². The monoisotopic (exact) mass is 238 g/mol. The lowest BCUT2D eigenvalue weighted by atomic mass is 10.1. The standard InChI is InChI=1S/C8H6F4N2O2/c9-4-1-2-6(14(15)16)5(3-4)7(13)8(10,11)12/h1-3,7H,13H2. The maximum Gasteiger partial charge on any atom is 0.407 e. The summed E-state index contributed by atoms with van der Waals surface area (Å²) in [5.41, 5.74) is 3.04. The third kappa shape index (κ3) is 2.45. The molecule has 1 unspecified atom stereocenters. The Morgan fingerprint density at radius 3 is 2.38 bits per heavy atom. The topological polar surface area (TPSA) is 69.2 Å². The van der Waals surface area contributed by atoms with Gasteiger partial charge in [-0.3, -0.25) is 10.1 Å². The van der Waals surface area contributed by atoms with E-state index >= 15 is 0 Å². The minimum absolute atomic E-state index is 0.413. The quantitative estimate of drug-likeness (QED) is 0.488. The molecule has 4 nitrogen and oxygen atoms in total. The SMILES string of the molecule is NC(c1cc(F)ccc1[N+](=O)[O-])C(F)(F)F. The van der Waals surface area contributed by atoms with Gasteiger partial charge in [-0.1, -0.05) is 0 Å². The lowest BCUT2D eigenvalue weighted by molar-refractivity contribution is -0.386. The van der Waals surface area contributed by atoms with Crippen molar-refractivity contribution in [3.8, 4) is 0 Å². The van der Waals surface area contributed by atoms with E-state index in [1.807, 2.05) is 0 Å². The summed E-state index contributed by atoms with van der Waals surface area (Å²) in [6.45, 7) is 0. The van der Waals surface area contributed by atoms with Gasteiger partial charge in [0, 0.05) is 6.07 Å². The maximum atomic E-state index is 12.7. The second kappa shape index (κ2) is 4.05. The van der Waals surface area contributed by atoms with Crippen molar-refractivity contribution in [2.24, 2.45) is 5.73 Å². The number of benzene rings is 1. The first-order valence-electron chi connectivity index (χ1n) is 3.99. The second-order valence-electron chi connectivity index (χ2n) is 2.98. The van der Waals surface area contributed by atoms with Gasteiger partial charge in [0.2, 0.25) is 0 Å². The fourth-order valence-corrected chi connectivity index (χ4v) is 1.12. The van der Waals surface area contributed by atoms with Crippen LogP contribution in [-0.4, -0.2) is 11.1 Å². The van der Waals surface area contributed by atoms with Crippen molar-refractivity contribution in [1.82, 2.24) is 0 Å². The van der Waals surface area contributed by atoms with Crippen LogP contribution in [0, 0.1) is 15.9 Å². The predicted molar refractivity (Wildman–Crippen MR) is 46.0 cm³/mol. The summed E-state index contributed by atoms with van der Waals surface area (Å²) in [4.78, 5) is 9.38. The molecule has 1 atom stereocenters. The Morgan fingerprint density at radius 2 is 1.94 bits per heavy atom. The minimum Gasteiger partial charge on any atom is -0.316 e. The van der Waals surface area contributed by atoms with E-state index < -0.39 is 34.2 Å². The molecular weight excluding hydrogens is 232 g/mol. The highest BCUT2D eigenvalue weighted by Crippen LogP contribution is 2.35. The fourth-order valence-electron chi connectivity index (χ4n) is 1.12. The van der Waals surface area contributed by atoms with Crippen LogP contribution < -0.4 is 5.73 Å². The normalized spacial score (nSPS) is 13.6. The fraction of sp³-hybridized carbons (Fsp3) is 0.250. The van der Waals surface area contributed by atoms with Crippen molar-refractivity contribution >= 4 is 5.69 Å². The maximum absolute atomic E-state index is 12.7. The van der Waals surface area contributed by atoms with Gasteiger partial charge in [-0.25, -0.2) is 4.39 Å². The van der Waals surface area contributed by atoms with Crippen LogP contribution in [0.15, 0.2) is 18.2 Å². The number of nitro benzene ring substituents is 1. The zero-order valence-corrected chi connectivity index (χ0v) is 7.66. The molecule has 0 spiro atoms. The highest BCUT2D eigenvalue weighted by molar-refractivity contribution is 5.43. The number of alkyl halides is 3. The largest absolute Gasteiger partial charge is 0.407 e. The predicted octanol–water partition coefficient (Wildman–Crippen LogP) is 2.30. The van der Waals surface area contributed by atoms with E-state index in [0.717, 1.165) is 0 Å². The molecule has 1 rings (SSSR count). The molecule has 88 valence electrons. The summed E-state index contributed by atoms with van der Waals surface area (Å²) in [6.07, 6.45) is -4.86. The average Bonchev–Trinajstić information content (AvgIpc) is 2.14. The zero-order chi connectivity index (χ0) is 12.5. The van der Waals surface area contributed by atoms with Crippen LogP contribution in [0.1, 0.15) is 11.6 Å². The lowest BCUT2D eigenvalue weighted by Crippen LogP contribution is -2.29. The molecule has 8 heteroatoms. The molecule has 0 fully saturated rings. The smallest absolute Gasteiger partial charge is 0.316 e. The first-order chi connectivity index (χ1) is 7.23. The average molecular weight is 238 g/mol. The van der Waals surface area contributed by atoms with Crippen LogP contribution in [0.25, 0.3) is 0 Å². The van der Waals surface area contributed by atoms with E-state index in [4.69, 9.17) is 5.73 Å². The van der Waals surface area contributed by atoms with E-state index in [-0.39, 0.29) is 0 Å². The van der Waals surface area contributed by atoms with Gasteiger partial charge in [0.25, 0.3) is 5.69 Å². The highest BCUT2D eigenvalue weighted by Gasteiger charge is 2.41. The van der Waals surface area contributed by atoms with Crippen molar-refractivity contribution in [3.05, 3.63) is 39.7 Å². The Bertz CT molecular complexity index is 419. The Hall–Kier alpha value is -1.70. The summed E-state index contributed by atoms with van der Waals surface area (Å²) in [5.74, 6) is -1.01. The summed E-state index contributed by atoms with van der Waals surface area (Å²) in [6, 6.07) is -0.819.